The van der Waals surface area contributed by atoms with Crippen LogP contribution in [0, 0.1) is 5.82 Å². The molecular formula is C10H14FN3O3S. The standard InChI is InChI=1S/C10H14FN3O3S/c1-2-5-13-10(15)14-18(16,17)9-4-3-7(12)6-8(9)11/h3-4,6H,2,5,12H2,1H3,(H2,13,14,15). The Balaban J connectivity index is 2.90. The highest BCUT2D eigenvalue weighted by molar-refractivity contribution is 7.90. The molecule has 0 aliphatic heterocycles. The molecule has 0 heterocycles. The van der Waals surface area contributed by atoms with Crippen LogP contribution in [0.3, 0.4) is 0 Å². The van der Waals surface area contributed by atoms with Crippen molar-refractivity contribution in [1.82, 2.24) is 10.0 Å². The predicted molar refractivity (Wildman–Crippen MR) is 64.8 cm³/mol. The van der Waals surface area contributed by atoms with Gasteiger partial charge in [0.2, 0.25) is 0 Å². The largest absolute Gasteiger partial charge is 0.399 e. The van der Waals surface area contributed by atoms with E-state index in [0.29, 0.717) is 13.0 Å². The lowest BCUT2D eigenvalue weighted by molar-refractivity contribution is 0.246. The van der Waals surface area contributed by atoms with Crippen LogP contribution in [0.4, 0.5) is 14.9 Å². The third-order valence-electron chi connectivity index (χ3n) is 2.01. The Morgan fingerprint density at radius 2 is 2.11 bits per heavy atom. The topological polar surface area (TPSA) is 101 Å². The third kappa shape index (κ3) is 3.59. The lowest BCUT2D eigenvalue weighted by Gasteiger charge is -2.08. The smallest absolute Gasteiger partial charge is 0.328 e. The third-order valence-corrected chi connectivity index (χ3v) is 3.37. The van der Waals surface area contributed by atoms with Crippen LogP contribution in [-0.2, 0) is 10.0 Å². The maximum absolute atomic E-state index is 13.4. The van der Waals surface area contributed by atoms with Gasteiger partial charge in [-0.1, -0.05) is 6.92 Å². The first-order valence-electron chi connectivity index (χ1n) is 5.22. The Kier molecular flexibility index (Phi) is 4.49. The van der Waals surface area contributed by atoms with Gasteiger partial charge in [0.25, 0.3) is 10.0 Å². The minimum absolute atomic E-state index is 0.0990. The van der Waals surface area contributed by atoms with E-state index in [1.165, 1.54) is 6.07 Å². The average molecular weight is 275 g/mol. The molecule has 0 spiro atoms. The molecule has 0 unspecified atom stereocenters. The summed E-state index contributed by atoms with van der Waals surface area (Å²) in [6.45, 7) is 2.14. The van der Waals surface area contributed by atoms with E-state index in [4.69, 9.17) is 5.73 Å². The zero-order chi connectivity index (χ0) is 13.8. The summed E-state index contributed by atoms with van der Waals surface area (Å²) in [6, 6.07) is 2.22. The van der Waals surface area contributed by atoms with Crippen LogP contribution in [0.2, 0.25) is 0 Å². The summed E-state index contributed by atoms with van der Waals surface area (Å²) in [4.78, 5) is 10.6. The Morgan fingerprint density at radius 1 is 1.44 bits per heavy atom. The van der Waals surface area contributed by atoms with Crippen LogP contribution in [0.1, 0.15) is 13.3 Å². The van der Waals surface area contributed by atoms with Crippen LogP contribution >= 0.6 is 0 Å². The van der Waals surface area contributed by atoms with Crippen molar-refractivity contribution in [1.29, 1.82) is 0 Å². The first-order chi connectivity index (χ1) is 8.36. The van der Waals surface area contributed by atoms with Crippen molar-refractivity contribution in [2.75, 3.05) is 12.3 Å². The fraction of sp³-hybridized carbons (Fsp3) is 0.300. The van der Waals surface area contributed by atoms with E-state index in [1.807, 2.05) is 6.92 Å². The van der Waals surface area contributed by atoms with Gasteiger partial charge in [-0.2, -0.15) is 0 Å². The van der Waals surface area contributed by atoms with Crippen molar-refractivity contribution in [2.45, 2.75) is 18.2 Å². The van der Waals surface area contributed by atoms with Crippen LogP contribution in [0.15, 0.2) is 23.1 Å². The fourth-order valence-corrected chi connectivity index (χ4v) is 2.18. The number of sulfonamides is 1. The van der Waals surface area contributed by atoms with Crippen molar-refractivity contribution < 1.29 is 17.6 Å². The van der Waals surface area contributed by atoms with E-state index < -0.39 is 26.8 Å². The monoisotopic (exact) mass is 275 g/mol. The Labute approximate surface area is 104 Å². The zero-order valence-electron chi connectivity index (χ0n) is 9.73. The van der Waals surface area contributed by atoms with Gasteiger partial charge in [-0.15, -0.1) is 0 Å². The number of nitrogen functional groups attached to an aromatic ring is 1. The molecule has 0 atom stereocenters. The van der Waals surface area contributed by atoms with E-state index in [0.717, 1.165) is 12.1 Å². The van der Waals surface area contributed by atoms with Crippen molar-refractivity contribution in [3.05, 3.63) is 24.0 Å². The molecule has 18 heavy (non-hydrogen) atoms. The quantitative estimate of drug-likeness (QED) is 0.707. The highest BCUT2D eigenvalue weighted by Gasteiger charge is 2.21. The van der Waals surface area contributed by atoms with Crippen molar-refractivity contribution in [2.24, 2.45) is 0 Å². The first kappa shape index (κ1) is 14.2. The molecule has 0 radical (unpaired) electrons. The van der Waals surface area contributed by atoms with Crippen LogP contribution in [0.25, 0.3) is 0 Å². The fourth-order valence-electron chi connectivity index (χ4n) is 1.19. The number of carbonyl (C=O) groups is 1. The number of halogens is 1. The van der Waals surface area contributed by atoms with Gasteiger partial charge in [0.05, 0.1) is 0 Å². The summed E-state index contributed by atoms with van der Waals surface area (Å²) in [7, 11) is -4.23. The molecule has 0 aliphatic carbocycles. The lowest BCUT2D eigenvalue weighted by atomic mass is 10.3. The molecule has 0 aliphatic rings. The molecule has 0 saturated heterocycles. The highest BCUT2D eigenvalue weighted by atomic mass is 32.2. The van der Waals surface area contributed by atoms with E-state index in [-0.39, 0.29) is 5.69 Å². The highest BCUT2D eigenvalue weighted by Crippen LogP contribution is 2.16. The van der Waals surface area contributed by atoms with E-state index in [9.17, 15) is 17.6 Å². The number of benzene rings is 1. The molecule has 8 heteroatoms. The van der Waals surface area contributed by atoms with Crippen LogP contribution < -0.4 is 15.8 Å². The van der Waals surface area contributed by atoms with Gasteiger partial charge in [-0.25, -0.2) is 22.3 Å². The maximum atomic E-state index is 13.4. The molecule has 1 aromatic carbocycles. The molecule has 2 amide bonds. The van der Waals surface area contributed by atoms with E-state index in [1.54, 1.807) is 4.72 Å². The number of amides is 2. The molecule has 0 saturated carbocycles. The van der Waals surface area contributed by atoms with Gasteiger partial charge in [0, 0.05) is 12.2 Å². The number of nitrogens with two attached hydrogens (primary N) is 1. The summed E-state index contributed by atoms with van der Waals surface area (Å²) in [5.74, 6) is -1.01. The summed E-state index contributed by atoms with van der Waals surface area (Å²) >= 11 is 0. The lowest BCUT2D eigenvalue weighted by Crippen LogP contribution is -2.39. The molecule has 0 aromatic heterocycles. The number of anilines is 1. The van der Waals surface area contributed by atoms with Crippen LogP contribution in [-0.4, -0.2) is 21.0 Å². The number of carbonyl (C=O) groups excluding carboxylic acids is 1. The van der Waals surface area contributed by atoms with Gasteiger partial charge in [0.15, 0.2) is 0 Å². The Hall–Kier alpha value is -1.83. The number of hydrogen-bond acceptors (Lipinski definition) is 4. The minimum atomic E-state index is -4.23. The summed E-state index contributed by atoms with van der Waals surface area (Å²) in [5.41, 5.74) is 5.40. The molecule has 4 N–H and O–H groups in total. The van der Waals surface area contributed by atoms with Crippen molar-refractivity contribution in [3.63, 3.8) is 0 Å². The molecule has 0 fully saturated rings. The molecule has 1 aromatic rings. The second-order valence-corrected chi connectivity index (χ2v) is 5.20. The number of nitrogens with one attached hydrogen (secondary N) is 2. The number of urea groups is 1. The Morgan fingerprint density at radius 3 is 2.67 bits per heavy atom. The number of rotatable bonds is 4. The van der Waals surface area contributed by atoms with E-state index in [2.05, 4.69) is 5.32 Å². The Bertz CT molecular complexity index is 545. The van der Waals surface area contributed by atoms with Crippen molar-refractivity contribution >= 4 is 21.7 Å². The SMILES string of the molecule is CCCNC(=O)NS(=O)(=O)c1ccc(N)cc1F. The summed E-state index contributed by atoms with van der Waals surface area (Å²) in [5, 5.41) is 2.31. The first-order valence-corrected chi connectivity index (χ1v) is 6.71. The minimum Gasteiger partial charge on any atom is -0.399 e. The predicted octanol–water partition coefficient (Wildman–Crippen LogP) is 0.806. The second-order valence-electron chi connectivity index (χ2n) is 3.55. The average Bonchev–Trinajstić information content (AvgIpc) is 2.25. The van der Waals surface area contributed by atoms with E-state index >= 15 is 0 Å². The second kappa shape index (κ2) is 5.67. The normalized spacial score (nSPS) is 11.0. The van der Waals surface area contributed by atoms with Crippen molar-refractivity contribution in [3.8, 4) is 0 Å². The van der Waals surface area contributed by atoms with Gasteiger partial charge in [-0.3, -0.25) is 0 Å². The van der Waals surface area contributed by atoms with Gasteiger partial charge in [0.1, 0.15) is 10.7 Å². The molecule has 100 valence electrons. The molecule has 1 rings (SSSR count). The molecule has 6 nitrogen and oxygen atoms in total. The summed E-state index contributed by atoms with van der Waals surface area (Å²) in [6.07, 6.45) is 0.656. The molecular weight excluding hydrogens is 261 g/mol. The maximum Gasteiger partial charge on any atom is 0.328 e. The van der Waals surface area contributed by atoms with Gasteiger partial charge in [-0.05, 0) is 24.6 Å². The summed E-state index contributed by atoms with van der Waals surface area (Å²) < 4.78 is 38.5. The van der Waals surface area contributed by atoms with Gasteiger partial charge < -0.3 is 11.1 Å². The zero-order valence-corrected chi connectivity index (χ0v) is 10.6. The molecule has 0 bridgehead atoms. The number of hydrogen-bond donors (Lipinski definition) is 3. The van der Waals surface area contributed by atoms with Gasteiger partial charge >= 0.3 is 6.03 Å². The van der Waals surface area contributed by atoms with Crippen LogP contribution in [0.5, 0.6) is 0 Å².